The van der Waals surface area contributed by atoms with Gasteiger partial charge in [0.2, 0.25) is 35.4 Å². The van der Waals surface area contributed by atoms with Crippen LogP contribution < -0.4 is 54.2 Å². The van der Waals surface area contributed by atoms with Gasteiger partial charge in [0.25, 0.3) is 11.8 Å². The van der Waals surface area contributed by atoms with Crippen molar-refractivity contribution in [3.05, 3.63) is 166 Å². The van der Waals surface area contributed by atoms with Crippen molar-refractivity contribution in [2.45, 2.75) is 85.8 Å². The number of hydrazine groups is 1. The van der Waals surface area contributed by atoms with Gasteiger partial charge in [0.05, 0.1) is 25.2 Å². The fourth-order valence-electron chi connectivity index (χ4n) is 7.79. The second kappa shape index (κ2) is 36.3. The second-order valence-corrected chi connectivity index (χ2v) is 21.9. The van der Waals surface area contributed by atoms with Crippen LogP contribution in [0.25, 0.3) is 0 Å². The molecule has 0 bridgehead atoms. The van der Waals surface area contributed by atoms with Gasteiger partial charge in [0.1, 0.15) is 47.3 Å². The Hall–Kier alpha value is -9.54. The number of fused-ring (bicyclic) bond motifs is 1. The molecule has 16 N–H and O–H groups in total. The summed E-state index contributed by atoms with van der Waals surface area (Å²) in [6.07, 6.45) is -10.5. The minimum Gasteiger partial charge on any atom is -0.508 e. The van der Waals surface area contributed by atoms with E-state index in [2.05, 4.69) is 42.8 Å². The number of thioether (sulfide) groups is 2. The summed E-state index contributed by atoms with van der Waals surface area (Å²) in [5, 5.41) is 49.1. The molecular formula is C58H62F8N10O14S2. The number of carboxylic acid groups (broad SMARTS) is 2. The minimum absolute atomic E-state index is 0.0173. The van der Waals surface area contributed by atoms with Crippen molar-refractivity contribution in [2.75, 3.05) is 24.6 Å². The van der Waals surface area contributed by atoms with Crippen LogP contribution in [-0.4, -0.2) is 153 Å². The number of phenolic OH excluding ortho intramolecular Hbond substituents is 2. The molecule has 6 rings (SSSR count). The summed E-state index contributed by atoms with van der Waals surface area (Å²) in [5.41, 5.74) is 20.7. The Bertz CT molecular complexity index is 3120. The van der Waals surface area contributed by atoms with Crippen LogP contribution >= 0.6 is 23.5 Å². The first-order valence-corrected chi connectivity index (χ1v) is 29.3. The molecule has 0 radical (unpaired) electrons. The van der Waals surface area contributed by atoms with Crippen molar-refractivity contribution in [1.29, 1.82) is 0 Å². The lowest BCUT2D eigenvalue weighted by Crippen LogP contribution is -2.59. The van der Waals surface area contributed by atoms with Crippen LogP contribution in [0.2, 0.25) is 0 Å². The van der Waals surface area contributed by atoms with Crippen LogP contribution in [0.1, 0.15) is 33.4 Å². The summed E-state index contributed by atoms with van der Waals surface area (Å²) in [4.78, 5) is 127. The first kappa shape index (κ1) is 74.9. The van der Waals surface area contributed by atoms with E-state index in [0.717, 1.165) is 35.4 Å². The number of hydrogen-bond acceptors (Lipinski definition) is 16. The molecule has 0 spiro atoms. The fraction of sp³-hybridized carbons (Fsp3) is 0.310. The van der Waals surface area contributed by atoms with Crippen LogP contribution in [0.4, 0.5) is 35.1 Å². The van der Waals surface area contributed by atoms with E-state index in [-0.39, 0.29) is 48.7 Å². The van der Waals surface area contributed by atoms with Crippen LogP contribution in [0, 0.1) is 11.6 Å². The van der Waals surface area contributed by atoms with Gasteiger partial charge in [-0.25, -0.2) is 18.4 Å². The normalized spacial score (nSPS) is 18.2. The Morgan fingerprint density at radius 3 is 1.11 bits per heavy atom. The zero-order valence-corrected chi connectivity index (χ0v) is 49.6. The van der Waals surface area contributed by atoms with E-state index in [1.807, 2.05) is 24.3 Å². The van der Waals surface area contributed by atoms with Crippen molar-refractivity contribution in [1.82, 2.24) is 42.8 Å². The highest BCUT2D eigenvalue weighted by Gasteiger charge is 2.39. The van der Waals surface area contributed by atoms with E-state index < -0.39 is 133 Å². The summed E-state index contributed by atoms with van der Waals surface area (Å²) in [5.74, 6) is -12.6. The highest BCUT2D eigenvalue weighted by molar-refractivity contribution is 7.99. The average molecular weight is 1340 g/mol. The molecule has 24 nitrogen and oxygen atoms in total. The number of nitrogens with two attached hydrogens (primary N) is 2. The highest BCUT2D eigenvalue weighted by atomic mass is 32.2. The van der Waals surface area contributed by atoms with Gasteiger partial charge in [-0.1, -0.05) is 72.8 Å². The fourth-order valence-corrected chi connectivity index (χ4v) is 9.97. The average Bonchev–Trinajstić information content (AvgIpc) is 1.49. The van der Waals surface area contributed by atoms with Gasteiger partial charge in [-0.3, -0.25) is 49.2 Å². The number of phenols is 2. The number of nitrogens with one attached hydrogen (secondary N) is 8. The number of carbonyl (C=O) groups is 10. The number of hydrogen-bond donors (Lipinski definition) is 14. The number of amides is 8. The topological polar surface area (TPSA) is 400 Å². The maximum absolute atomic E-state index is 13.9. The van der Waals surface area contributed by atoms with Gasteiger partial charge >= 0.3 is 24.3 Å². The van der Waals surface area contributed by atoms with Gasteiger partial charge in [0.15, 0.2) is 0 Å². The molecule has 92 heavy (non-hydrogen) atoms. The van der Waals surface area contributed by atoms with Crippen LogP contribution in [0.5, 0.6) is 11.5 Å². The van der Waals surface area contributed by atoms with Gasteiger partial charge in [-0.05, 0) is 94.8 Å². The van der Waals surface area contributed by atoms with E-state index in [4.69, 9.17) is 31.3 Å². The first-order valence-electron chi connectivity index (χ1n) is 27.0. The maximum atomic E-state index is 13.9. The van der Waals surface area contributed by atoms with Crippen molar-refractivity contribution in [3.8, 4) is 11.5 Å². The van der Waals surface area contributed by atoms with E-state index in [0.29, 0.717) is 33.8 Å². The molecule has 496 valence electrons. The molecule has 6 atom stereocenters. The van der Waals surface area contributed by atoms with Crippen molar-refractivity contribution in [3.63, 3.8) is 0 Å². The molecule has 1 aliphatic heterocycles. The number of carboxylic acids is 2. The predicted molar refractivity (Wildman–Crippen MR) is 316 cm³/mol. The Kier molecular flexibility index (Phi) is 29.6. The lowest BCUT2D eigenvalue weighted by molar-refractivity contribution is -0.193. The molecular weight excluding hydrogens is 1280 g/mol. The molecule has 0 saturated carbocycles. The number of carbonyl (C=O) groups excluding carboxylic acids is 8. The largest absolute Gasteiger partial charge is 0.508 e. The number of halogens is 8. The summed E-state index contributed by atoms with van der Waals surface area (Å²) < 4.78 is 91.3. The van der Waals surface area contributed by atoms with Crippen molar-refractivity contribution < 1.29 is 103 Å². The van der Waals surface area contributed by atoms with Crippen molar-refractivity contribution >= 4 is 82.7 Å². The second-order valence-electron chi connectivity index (χ2n) is 19.8. The zero-order valence-electron chi connectivity index (χ0n) is 47.9. The van der Waals surface area contributed by atoms with Gasteiger partial charge in [-0.2, -0.15) is 49.9 Å². The molecule has 0 saturated heterocycles. The minimum atomic E-state index is -5.08. The third-order valence-corrected chi connectivity index (χ3v) is 14.7. The first-order chi connectivity index (χ1) is 43.3. The lowest BCUT2D eigenvalue weighted by atomic mass is 10.0. The van der Waals surface area contributed by atoms with E-state index >= 15 is 0 Å². The third kappa shape index (κ3) is 27.3. The molecule has 0 fully saturated rings. The molecule has 5 aromatic carbocycles. The maximum Gasteiger partial charge on any atom is 0.490 e. The molecule has 5 aromatic rings. The number of aliphatic carboxylic acids is 2. The van der Waals surface area contributed by atoms with Crippen LogP contribution in [-0.2, 0) is 85.1 Å². The lowest BCUT2D eigenvalue weighted by Gasteiger charge is -2.23. The highest BCUT2D eigenvalue weighted by Crippen LogP contribution is 2.23. The zero-order chi connectivity index (χ0) is 68.3. The standard InChI is InChI=1S/C54H60F2N10O10S2.2C2HF3O2/c55-37-13-5-33(6-14-37)23-43-53(75)65-66-54(76)44(24-34-7-15-38(56)16-8-34)62-48(70)26-60-52(74)46(64-50(72)42(58)22-32-11-19-40(68)20-12-32)30-78-28-36-4-2-1-3-35(36)27-77-29-45(51(73)59-25-47(69)61-43)63-49(71)41(57)21-31-9-17-39(67)18-10-31;2*3-2(4,5)1(6)7/h1-20,41-46,67-68H,21-30,57-58H2,(H,59,73)(H,60,74)(H,61,69)(H,62,70)(H,63,71)(H,64,72)(H,65,75)(H,66,76);2*(H,6,7)/t41-,42-,43-,44-,45+,46+;;/m0../s1. The number of aromatic hydroxyl groups is 2. The van der Waals surface area contributed by atoms with Crippen molar-refractivity contribution in [2.24, 2.45) is 11.5 Å². The number of rotatable bonds is 12. The van der Waals surface area contributed by atoms with Crippen LogP contribution in [0.15, 0.2) is 121 Å². The molecule has 34 heteroatoms. The Balaban J connectivity index is 0.00000115. The van der Waals surface area contributed by atoms with E-state index in [9.17, 15) is 83.7 Å². The Labute approximate surface area is 526 Å². The Morgan fingerprint density at radius 1 is 0.500 bits per heavy atom. The summed E-state index contributed by atoms with van der Waals surface area (Å²) >= 11 is 2.56. The SMILES string of the molecule is N[C@@H](Cc1ccc(O)cc1)C(=O)N[C@@H]1CSCc2ccccc2CSC[C@@H](NC(=O)[C@@H](N)Cc2ccc(O)cc2)C(=O)NCC(=O)N[C@@H](Cc2ccc(F)cc2)C(=O)NNC(=O)[C@H](Cc2ccc(F)cc2)NC(=O)CNC1=O.O=C(O)C(F)(F)F.O=C(O)C(F)(F)F. The predicted octanol–water partition coefficient (Wildman–Crippen LogP) is 2.07. The smallest absolute Gasteiger partial charge is 0.490 e. The molecule has 1 aliphatic rings. The molecule has 8 amide bonds. The Morgan fingerprint density at radius 2 is 0.804 bits per heavy atom. The van der Waals surface area contributed by atoms with Gasteiger partial charge < -0.3 is 63.8 Å². The summed E-state index contributed by atoms with van der Waals surface area (Å²) in [7, 11) is 0. The monoisotopic (exact) mass is 1340 g/mol. The van der Waals surface area contributed by atoms with E-state index in [1.165, 1.54) is 72.1 Å². The number of benzene rings is 5. The molecule has 1 heterocycles. The quantitative estimate of drug-likeness (QED) is 0.0795. The summed E-state index contributed by atoms with van der Waals surface area (Å²) in [6, 6.07) is 21.9. The molecule has 0 unspecified atom stereocenters. The van der Waals surface area contributed by atoms with Crippen LogP contribution in [0.3, 0.4) is 0 Å². The molecule has 0 aliphatic carbocycles. The van der Waals surface area contributed by atoms with E-state index in [1.54, 1.807) is 24.3 Å². The third-order valence-electron chi connectivity index (χ3n) is 12.6. The van der Waals surface area contributed by atoms with Gasteiger partial charge in [-0.15, -0.1) is 0 Å². The summed E-state index contributed by atoms with van der Waals surface area (Å²) in [6.45, 7) is -1.38. The molecule has 0 aromatic heterocycles. The van der Waals surface area contributed by atoms with Gasteiger partial charge in [0, 0.05) is 35.9 Å². The number of alkyl halides is 6.